The largest absolute Gasteiger partial charge is 0.384 e. The zero-order valence-electron chi connectivity index (χ0n) is 11.3. The molecular weight excluding hydrogens is 224 g/mol. The molecule has 2 rings (SSSR count). The second kappa shape index (κ2) is 4.79. The van der Waals surface area contributed by atoms with E-state index in [1.807, 2.05) is 0 Å². The average molecular weight is 246 g/mol. The molecule has 17 heavy (non-hydrogen) atoms. The summed E-state index contributed by atoms with van der Waals surface area (Å²) in [4.78, 5) is 0. The van der Waals surface area contributed by atoms with Crippen LogP contribution in [0.4, 0.5) is 0 Å². The minimum Gasteiger partial charge on any atom is -0.384 e. The Hall–Kier alpha value is -0.863. The molecule has 1 unspecified atom stereocenters. The van der Waals surface area contributed by atoms with Gasteiger partial charge in [0.15, 0.2) is 0 Å². The Labute approximate surface area is 106 Å². The van der Waals surface area contributed by atoms with Gasteiger partial charge in [0, 0.05) is 7.11 Å². The quantitative estimate of drug-likeness (QED) is 0.727. The predicted molar refractivity (Wildman–Crippen MR) is 77.0 cm³/mol. The Balaban J connectivity index is 2.35. The SMILES string of the molecule is COCCC1=CC([Si](C)(C)C)c2ccccc21. The van der Waals surface area contributed by atoms with Crippen molar-refractivity contribution in [3.63, 3.8) is 0 Å². The van der Waals surface area contributed by atoms with E-state index in [-0.39, 0.29) is 0 Å². The predicted octanol–water partition coefficient (Wildman–Crippen LogP) is 4.08. The third-order valence-electron chi connectivity index (χ3n) is 3.52. The smallest absolute Gasteiger partial charge is 0.0566 e. The van der Waals surface area contributed by atoms with Crippen LogP contribution in [0.5, 0.6) is 0 Å². The zero-order chi connectivity index (χ0) is 12.5. The Morgan fingerprint density at radius 3 is 2.53 bits per heavy atom. The molecule has 1 aromatic carbocycles. The summed E-state index contributed by atoms with van der Waals surface area (Å²) in [6.07, 6.45) is 3.53. The van der Waals surface area contributed by atoms with Crippen LogP contribution in [0.25, 0.3) is 5.57 Å². The van der Waals surface area contributed by atoms with Gasteiger partial charge in [0.05, 0.1) is 14.7 Å². The summed E-state index contributed by atoms with van der Waals surface area (Å²) in [5.41, 5.74) is 5.15. The van der Waals surface area contributed by atoms with Crippen molar-refractivity contribution < 1.29 is 4.74 Å². The highest BCUT2D eigenvalue weighted by molar-refractivity contribution is 6.78. The molecule has 0 saturated heterocycles. The van der Waals surface area contributed by atoms with Crippen molar-refractivity contribution >= 4 is 13.6 Å². The number of rotatable bonds is 4. The number of fused-ring (bicyclic) bond motifs is 1. The molecule has 1 aliphatic carbocycles. The third kappa shape index (κ3) is 2.53. The topological polar surface area (TPSA) is 9.23 Å². The fraction of sp³-hybridized carbons (Fsp3) is 0.467. The van der Waals surface area contributed by atoms with Crippen LogP contribution >= 0.6 is 0 Å². The number of hydrogen-bond acceptors (Lipinski definition) is 1. The van der Waals surface area contributed by atoms with Crippen LogP contribution in [0, 0.1) is 0 Å². The van der Waals surface area contributed by atoms with Crippen LogP contribution < -0.4 is 0 Å². The van der Waals surface area contributed by atoms with Crippen molar-refractivity contribution in [3.05, 3.63) is 41.5 Å². The minimum atomic E-state index is -1.17. The van der Waals surface area contributed by atoms with Crippen molar-refractivity contribution in [1.29, 1.82) is 0 Å². The third-order valence-corrected chi connectivity index (χ3v) is 5.86. The lowest BCUT2D eigenvalue weighted by Crippen LogP contribution is -2.28. The highest BCUT2D eigenvalue weighted by Gasteiger charge is 2.32. The molecule has 0 radical (unpaired) electrons. The molecule has 1 atom stereocenters. The molecule has 1 nitrogen and oxygen atoms in total. The van der Waals surface area contributed by atoms with E-state index < -0.39 is 8.07 Å². The van der Waals surface area contributed by atoms with Crippen molar-refractivity contribution in [2.24, 2.45) is 0 Å². The normalized spacial score (nSPS) is 19.1. The minimum absolute atomic E-state index is 0.672. The van der Waals surface area contributed by atoms with E-state index in [4.69, 9.17) is 4.74 Å². The molecule has 0 aromatic heterocycles. The number of ether oxygens (including phenoxy) is 1. The molecule has 1 aliphatic rings. The van der Waals surface area contributed by atoms with Gasteiger partial charge in [0.2, 0.25) is 0 Å². The molecular formula is C15H22OSi. The lowest BCUT2D eigenvalue weighted by molar-refractivity contribution is 0.206. The van der Waals surface area contributed by atoms with E-state index >= 15 is 0 Å². The van der Waals surface area contributed by atoms with Crippen LogP contribution in [0.2, 0.25) is 19.6 Å². The molecule has 0 amide bonds. The molecule has 2 heteroatoms. The van der Waals surface area contributed by atoms with Gasteiger partial charge in [-0.1, -0.05) is 50.0 Å². The summed E-state index contributed by atoms with van der Waals surface area (Å²) in [7, 11) is 0.602. The lowest BCUT2D eigenvalue weighted by Gasteiger charge is -2.24. The van der Waals surface area contributed by atoms with Gasteiger partial charge >= 0.3 is 0 Å². The number of hydrogen-bond donors (Lipinski definition) is 0. The second-order valence-electron chi connectivity index (χ2n) is 5.87. The number of allylic oxidation sites excluding steroid dienone is 1. The van der Waals surface area contributed by atoms with Crippen LogP contribution in [0.1, 0.15) is 23.1 Å². The zero-order valence-corrected chi connectivity index (χ0v) is 12.3. The molecule has 0 N–H and O–H groups in total. The van der Waals surface area contributed by atoms with Gasteiger partial charge in [0.1, 0.15) is 0 Å². The van der Waals surface area contributed by atoms with E-state index in [2.05, 4.69) is 50.0 Å². The first-order chi connectivity index (χ1) is 8.04. The van der Waals surface area contributed by atoms with E-state index in [0.717, 1.165) is 13.0 Å². The number of methoxy groups -OCH3 is 1. The first-order valence-corrected chi connectivity index (χ1v) is 9.90. The van der Waals surface area contributed by atoms with Gasteiger partial charge < -0.3 is 4.74 Å². The Kier molecular flexibility index (Phi) is 3.55. The molecule has 92 valence electrons. The van der Waals surface area contributed by atoms with E-state index in [1.165, 1.54) is 16.7 Å². The molecule has 0 bridgehead atoms. The first kappa shape index (κ1) is 12.6. The summed E-state index contributed by atoms with van der Waals surface area (Å²) in [5, 5.41) is 0. The lowest BCUT2D eigenvalue weighted by atomic mass is 10.0. The average Bonchev–Trinajstić information content (AvgIpc) is 2.65. The summed E-state index contributed by atoms with van der Waals surface area (Å²) < 4.78 is 5.21. The highest BCUT2D eigenvalue weighted by Crippen LogP contribution is 2.42. The summed E-state index contributed by atoms with van der Waals surface area (Å²) in [6.45, 7) is 8.16. The molecule has 0 fully saturated rings. The van der Waals surface area contributed by atoms with E-state index in [0.29, 0.717) is 5.54 Å². The van der Waals surface area contributed by atoms with Gasteiger partial charge in [-0.05, 0) is 28.7 Å². The fourth-order valence-corrected chi connectivity index (χ4v) is 4.47. The molecule has 0 spiro atoms. The first-order valence-electron chi connectivity index (χ1n) is 6.33. The van der Waals surface area contributed by atoms with Crippen molar-refractivity contribution in [2.45, 2.75) is 31.6 Å². The van der Waals surface area contributed by atoms with E-state index in [9.17, 15) is 0 Å². The van der Waals surface area contributed by atoms with Gasteiger partial charge in [-0.25, -0.2) is 0 Å². The van der Waals surface area contributed by atoms with E-state index in [1.54, 1.807) is 7.11 Å². The maximum atomic E-state index is 5.21. The second-order valence-corrected chi connectivity index (χ2v) is 11.2. The van der Waals surface area contributed by atoms with Crippen molar-refractivity contribution in [3.8, 4) is 0 Å². The Morgan fingerprint density at radius 2 is 1.88 bits per heavy atom. The summed E-state index contributed by atoms with van der Waals surface area (Å²) >= 11 is 0. The molecule has 0 heterocycles. The van der Waals surface area contributed by atoms with Crippen molar-refractivity contribution in [1.82, 2.24) is 0 Å². The van der Waals surface area contributed by atoms with Crippen LogP contribution in [0.15, 0.2) is 30.3 Å². The Morgan fingerprint density at radius 1 is 1.18 bits per heavy atom. The molecule has 1 aromatic rings. The Bertz CT molecular complexity index is 429. The summed E-state index contributed by atoms with van der Waals surface area (Å²) in [6, 6.07) is 8.87. The monoisotopic (exact) mass is 246 g/mol. The maximum Gasteiger partial charge on any atom is 0.0566 e. The van der Waals surface area contributed by atoms with Gasteiger partial charge in [-0.15, -0.1) is 0 Å². The summed E-state index contributed by atoms with van der Waals surface area (Å²) in [5.74, 6) is 0. The number of benzene rings is 1. The standard InChI is InChI=1S/C15H22OSi/c1-16-10-9-12-11-15(17(2,3)4)14-8-6-5-7-13(12)14/h5-8,11,15H,9-10H2,1-4H3. The van der Waals surface area contributed by atoms with Gasteiger partial charge in [-0.3, -0.25) is 0 Å². The van der Waals surface area contributed by atoms with Crippen molar-refractivity contribution in [2.75, 3.05) is 13.7 Å². The highest BCUT2D eigenvalue weighted by atomic mass is 28.3. The maximum absolute atomic E-state index is 5.21. The van der Waals surface area contributed by atoms with Crippen LogP contribution in [0.3, 0.4) is 0 Å². The molecule has 0 aliphatic heterocycles. The van der Waals surface area contributed by atoms with Gasteiger partial charge in [0.25, 0.3) is 0 Å². The van der Waals surface area contributed by atoms with Crippen LogP contribution in [-0.2, 0) is 4.74 Å². The van der Waals surface area contributed by atoms with Crippen LogP contribution in [-0.4, -0.2) is 21.8 Å². The fourth-order valence-electron chi connectivity index (χ4n) is 2.59. The molecule has 0 saturated carbocycles. The van der Waals surface area contributed by atoms with Gasteiger partial charge in [-0.2, -0.15) is 0 Å².